The van der Waals surface area contributed by atoms with E-state index in [9.17, 15) is 19.2 Å². The predicted molar refractivity (Wildman–Crippen MR) is 105 cm³/mol. The van der Waals surface area contributed by atoms with Crippen LogP contribution in [0.2, 0.25) is 0 Å². The first-order chi connectivity index (χ1) is 14.0. The molecule has 0 aliphatic carbocycles. The Morgan fingerprint density at radius 1 is 1.00 bits per heavy atom. The molecule has 0 radical (unpaired) electrons. The lowest BCUT2D eigenvalue weighted by Crippen LogP contribution is -2.55. The molecule has 0 spiro atoms. The van der Waals surface area contributed by atoms with Crippen LogP contribution in [-0.2, 0) is 4.79 Å². The monoisotopic (exact) mass is 399 g/mol. The molecule has 1 unspecified atom stereocenters. The summed E-state index contributed by atoms with van der Waals surface area (Å²) in [6.45, 7) is 4.56. The van der Waals surface area contributed by atoms with Crippen molar-refractivity contribution in [2.75, 3.05) is 44.6 Å². The number of carbonyl (C=O) groups is 4. The molecule has 0 aromatic heterocycles. The fourth-order valence-electron chi connectivity index (χ4n) is 4.13. The molecule has 1 aromatic rings. The van der Waals surface area contributed by atoms with Gasteiger partial charge in [-0.05, 0) is 44.0 Å². The van der Waals surface area contributed by atoms with Crippen molar-refractivity contribution in [3.05, 3.63) is 29.8 Å². The van der Waals surface area contributed by atoms with E-state index in [1.165, 1.54) is 9.80 Å². The van der Waals surface area contributed by atoms with Crippen LogP contribution in [0.25, 0.3) is 0 Å². The van der Waals surface area contributed by atoms with Gasteiger partial charge in [0.1, 0.15) is 6.04 Å². The molecule has 29 heavy (non-hydrogen) atoms. The number of likely N-dealkylation sites (tertiary alicyclic amines) is 1. The number of urea groups is 2. The van der Waals surface area contributed by atoms with E-state index in [2.05, 4.69) is 5.32 Å². The van der Waals surface area contributed by atoms with Gasteiger partial charge in [0.05, 0.1) is 6.54 Å². The molecule has 9 nitrogen and oxygen atoms in total. The molecule has 3 aliphatic rings. The van der Waals surface area contributed by atoms with Gasteiger partial charge in [-0.2, -0.15) is 0 Å². The Morgan fingerprint density at radius 3 is 2.34 bits per heavy atom. The van der Waals surface area contributed by atoms with Gasteiger partial charge in [-0.1, -0.05) is 0 Å². The average molecular weight is 399 g/mol. The highest BCUT2D eigenvalue weighted by Gasteiger charge is 2.47. The molecule has 0 bridgehead atoms. The second-order valence-electron chi connectivity index (χ2n) is 7.53. The van der Waals surface area contributed by atoms with E-state index in [1.54, 1.807) is 36.1 Å². The maximum Gasteiger partial charge on any atom is 0.327 e. The second-order valence-corrected chi connectivity index (χ2v) is 7.53. The van der Waals surface area contributed by atoms with Gasteiger partial charge in [0.25, 0.3) is 11.8 Å². The summed E-state index contributed by atoms with van der Waals surface area (Å²) in [6.07, 6.45) is 2.08. The Kier molecular flexibility index (Phi) is 5.12. The first-order valence-electron chi connectivity index (χ1n) is 10.1. The van der Waals surface area contributed by atoms with E-state index >= 15 is 0 Å². The molecule has 0 saturated carbocycles. The summed E-state index contributed by atoms with van der Waals surface area (Å²) in [4.78, 5) is 55.8. The van der Waals surface area contributed by atoms with Crippen molar-refractivity contribution in [1.82, 2.24) is 19.6 Å². The van der Waals surface area contributed by atoms with Crippen LogP contribution in [0.5, 0.6) is 0 Å². The van der Waals surface area contributed by atoms with Crippen molar-refractivity contribution in [1.29, 1.82) is 0 Å². The fraction of sp³-hybridized carbons (Fsp3) is 0.500. The Morgan fingerprint density at radius 2 is 1.69 bits per heavy atom. The maximum absolute atomic E-state index is 12.6. The van der Waals surface area contributed by atoms with Crippen molar-refractivity contribution in [3.63, 3.8) is 0 Å². The third-order valence-corrected chi connectivity index (χ3v) is 5.79. The van der Waals surface area contributed by atoms with Gasteiger partial charge in [0.2, 0.25) is 0 Å². The Labute approximate surface area is 169 Å². The van der Waals surface area contributed by atoms with Gasteiger partial charge in [-0.15, -0.1) is 0 Å². The number of hydrogen-bond donors (Lipinski definition) is 1. The average Bonchev–Trinajstić information content (AvgIpc) is 3.35. The molecule has 154 valence electrons. The van der Waals surface area contributed by atoms with E-state index in [4.69, 9.17) is 0 Å². The zero-order valence-electron chi connectivity index (χ0n) is 16.5. The highest BCUT2D eigenvalue weighted by atomic mass is 16.2. The summed E-state index contributed by atoms with van der Waals surface area (Å²) in [6, 6.07) is 5.64. The van der Waals surface area contributed by atoms with Gasteiger partial charge in [-0.3, -0.25) is 14.5 Å². The standard InChI is InChI=1S/C20H25N5O4/c1-2-24-18(27)16-13-23(11-12-25(16)20(24)29)19(28)21-15-7-5-14(6-8-15)17(26)22-9-3-4-10-22/h5-8,16H,2-4,9-13H2,1H3,(H,21,28). The summed E-state index contributed by atoms with van der Waals surface area (Å²) < 4.78 is 0. The largest absolute Gasteiger partial charge is 0.339 e. The van der Waals surface area contributed by atoms with Crippen molar-refractivity contribution < 1.29 is 19.2 Å². The Hall–Kier alpha value is -3.10. The number of hydrogen-bond acceptors (Lipinski definition) is 4. The number of benzene rings is 1. The third kappa shape index (κ3) is 3.52. The zero-order valence-corrected chi connectivity index (χ0v) is 16.5. The Balaban J connectivity index is 1.37. The van der Waals surface area contributed by atoms with Crippen LogP contribution in [0.4, 0.5) is 15.3 Å². The first kappa shape index (κ1) is 19.2. The van der Waals surface area contributed by atoms with Crippen molar-refractivity contribution in [3.8, 4) is 0 Å². The van der Waals surface area contributed by atoms with Crippen LogP contribution < -0.4 is 5.32 Å². The number of fused-ring (bicyclic) bond motifs is 1. The zero-order chi connectivity index (χ0) is 20.5. The number of imide groups is 1. The lowest BCUT2D eigenvalue weighted by Gasteiger charge is -2.35. The molecule has 3 heterocycles. The predicted octanol–water partition coefficient (Wildman–Crippen LogP) is 1.42. The molecule has 3 saturated heterocycles. The number of likely N-dealkylation sites (N-methyl/N-ethyl adjacent to an activating group) is 1. The number of rotatable bonds is 3. The van der Waals surface area contributed by atoms with E-state index in [-0.39, 0.29) is 30.4 Å². The summed E-state index contributed by atoms with van der Waals surface area (Å²) in [5.41, 5.74) is 1.19. The van der Waals surface area contributed by atoms with E-state index in [0.29, 0.717) is 30.9 Å². The molecular formula is C20H25N5O4. The van der Waals surface area contributed by atoms with E-state index in [0.717, 1.165) is 25.9 Å². The lowest BCUT2D eigenvalue weighted by atomic mass is 10.1. The number of nitrogens with zero attached hydrogens (tertiary/aromatic N) is 4. The molecule has 1 aromatic carbocycles. The van der Waals surface area contributed by atoms with Gasteiger partial charge in [-0.25, -0.2) is 9.59 Å². The highest BCUT2D eigenvalue weighted by Crippen LogP contribution is 2.22. The molecule has 3 fully saturated rings. The quantitative estimate of drug-likeness (QED) is 0.778. The molecule has 1 atom stereocenters. The van der Waals surface area contributed by atoms with Crippen LogP contribution in [0.1, 0.15) is 30.1 Å². The number of carbonyl (C=O) groups excluding carboxylic acids is 4. The smallest absolute Gasteiger partial charge is 0.327 e. The first-order valence-corrected chi connectivity index (χ1v) is 10.1. The molecule has 4 rings (SSSR count). The fourth-order valence-corrected chi connectivity index (χ4v) is 4.13. The summed E-state index contributed by atoms with van der Waals surface area (Å²) in [5.74, 6) is -0.235. The Bertz CT molecular complexity index is 834. The molecule has 9 heteroatoms. The van der Waals surface area contributed by atoms with Crippen molar-refractivity contribution >= 4 is 29.6 Å². The van der Waals surface area contributed by atoms with Gasteiger partial charge >= 0.3 is 12.1 Å². The lowest BCUT2D eigenvalue weighted by molar-refractivity contribution is -0.128. The van der Waals surface area contributed by atoms with Gasteiger partial charge < -0.3 is 20.0 Å². The SMILES string of the molecule is CCN1C(=O)C2CN(C(=O)Nc3ccc(C(=O)N4CCCC4)cc3)CCN2C1=O. The van der Waals surface area contributed by atoms with Crippen LogP contribution in [0.15, 0.2) is 24.3 Å². The minimum Gasteiger partial charge on any atom is -0.339 e. The van der Waals surface area contributed by atoms with E-state index < -0.39 is 6.04 Å². The van der Waals surface area contributed by atoms with Gasteiger partial charge in [0, 0.05) is 44.0 Å². The number of piperazine rings is 1. The second kappa shape index (κ2) is 7.73. The summed E-state index contributed by atoms with van der Waals surface area (Å²) in [7, 11) is 0. The number of amides is 6. The van der Waals surface area contributed by atoms with Crippen LogP contribution in [-0.4, -0.2) is 88.8 Å². The van der Waals surface area contributed by atoms with Crippen LogP contribution >= 0.6 is 0 Å². The minimum absolute atomic E-state index is 0.0152. The normalized spacial score (nSPS) is 21.6. The van der Waals surface area contributed by atoms with Crippen molar-refractivity contribution in [2.24, 2.45) is 0 Å². The number of nitrogens with one attached hydrogen (secondary N) is 1. The van der Waals surface area contributed by atoms with Crippen LogP contribution in [0.3, 0.4) is 0 Å². The van der Waals surface area contributed by atoms with Crippen LogP contribution in [0, 0.1) is 0 Å². The molecule has 3 aliphatic heterocycles. The summed E-state index contributed by atoms with van der Waals surface area (Å²) in [5, 5.41) is 2.81. The maximum atomic E-state index is 12.6. The topological polar surface area (TPSA) is 93.3 Å². The van der Waals surface area contributed by atoms with Crippen molar-refractivity contribution in [2.45, 2.75) is 25.8 Å². The minimum atomic E-state index is -0.609. The van der Waals surface area contributed by atoms with E-state index in [1.807, 2.05) is 4.90 Å². The highest BCUT2D eigenvalue weighted by molar-refractivity contribution is 6.05. The summed E-state index contributed by atoms with van der Waals surface area (Å²) >= 11 is 0. The number of anilines is 1. The van der Waals surface area contributed by atoms with Gasteiger partial charge in [0.15, 0.2) is 0 Å². The molecule has 6 amide bonds. The molecule has 1 N–H and O–H groups in total. The third-order valence-electron chi connectivity index (χ3n) is 5.79. The molecular weight excluding hydrogens is 374 g/mol.